The Morgan fingerprint density at radius 2 is 2.53 bits per heavy atom. The van der Waals surface area contributed by atoms with Crippen LogP contribution in [0.2, 0.25) is 0 Å². The first kappa shape index (κ1) is 9.97. The lowest BCUT2D eigenvalue weighted by molar-refractivity contribution is -0.138. The van der Waals surface area contributed by atoms with Gasteiger partial charge in [-0.15, -0.1) is 11.3 Å². The van der Waals surface area contributed by atoms with Gasteiger partial charge in [0, 0.05) is 11.6 Å². The van der Waals surface area contributed by atoms with E-state index in [1.54, 1.807) is 11.3 Å². The molecule has 0 saturated heterocycles. The predicted octanol–water partition coefficient (Wildman–Crippen LogP) is 1.29. The third-order valence-electron chi connectivity index (χ3n) is 2.06. The highest BCUT2D eigenvalue weighted by atomic mass is 32.1. The molecule has 0 saturated carbocycles. The van der Waals surface area contributed by atoms with E-state index in [0.717, 1.165) is 16.5 Å². The summed E-state index contributed by atoms with van der Waals surface area (Å²) in [6.07, 6.45) is 1.92. The molecule has 0 fully saturated rings. The molecule has 2 rings (SSSR count). The van der Waals surface area contributed by atoms with Crippen molar-refractivity contribution in [2.75, 3.05) is 19.0 Å². The van der Waals surface area contributed by atoms with Crippen LogP contribution in [0.15, 0.2) is 11.6 Å². The summed E-state index contributed by atoms with van der Waals surface area (Å²) in [7, 11) is 1.37. The highest BCUT2D eigenvalue weighted by molar-refractivity contribution is 7.15. The third kappa shape index (κ3) is 1.80. The van der Waals surface area contributed by atoms with Crippen molar-refractivity contribution < 1.29 is 9.53 Å². The number of methoxy groups -OCH3 is 1. The van der Waals surface area contributed by atoms with Gasteiger partial charge in [0.1, 0.15) is 12.4 Å². The molecule has 0 aliphatic carbocycles. The zero-order valence-electron chi connectivity index (χ0n) is 8.48. The first-order valence-electron chi connectivity index (χ1n) is 4.45. The number of ether oxygens (including phenoxy) is 1. The predicted molar refractivity (Wildman–Crippen MR) is 58.3 cm³/mol. The van der Waals surface area contributed by atoms with Gasteiger partial charge in [0.25, 0.3) is 0 Å². The second-order valence-electron chi connectivity index (χ2n) is 3.03. The van der Waals surface area contributed by atoms with E-state index in [4.69, 9.17) is 0 Å². The molecule has 0 spiro atoms. The number of aromatic nitrogens is 2. The van der Waals surface area contributed by atoms with Crippen LogP contribution in [0.3, 0.4) is 0 Å². The van der Waals surface area contributed by atoms with Crippen molar-refractivity contribution in [1.82, 2.24) is 9.38 Å². The summed E-state index contributed by atoms with van der Waals surface area (Å²) >= 11 is 1.56. The fraction of sp³-hybridized carbons (Fsp3) is 0.333. The van der Waals surface area contributed by atoms with Crippen LogP contribution in [0, 0.1) is 6.92 Å². The number of imidazole rings is 1. The van der Waals surface area contributed by atoms with Crippen molar-refractivity contribution in [3.05, 3.63) is 17.3 Å². The summed E-state index contributed by atoms with van der Waals surface area (Å²) in [5.74, 6) is 0.552. The van der Waals surface area contributed by atoms with E-state index < -0.39 is 0 Å². The first-order chi connectivity index (χ1) is 7.22. The fourth-order valence-corrected chi connectivity index (χ4v) is 2.09. The third-order valence-corrected chi connectivity index (χ3v) is 2.82. The van der Waals surface area contributed by atoms with Crippen LogP contribution in [0.5, 0.6) is 0 Å². The minimum atomic E-state index is -0.292. The maximum absolute atomic E-state index is 11.0. The van der Waals surface area contributed by atoms with E-state index in [2.05, 4.69) is 15.0 Å². The van der Waals surface area contributed by atoms with Gasteiger partial charge in [0.05, 0.1) is 12.8 Å². The number of hydrogen-bond donors (Lipinski definition) is 1. The van der Waals surface area contributed by atoms with Crippen LogP contribution >= 0.6 is 11.3 Å². The quantitative estimate of drug-likeness (QED) is 0.800. The highest BCUT2D eigenvalue weighted by Gasteiger charge is 2.10. The maximum Gasteiger partial charge on any atom is 0.325 e. The Hall–Kier alpha value is -1.56. The van der Waals surface area contributed by atoms with E-state index >= 15 is 0 Å². The van der Waals surface area contributed by atoms with Crippen LogP contribution in [-0.4, -0.2) is 29.0 Å². The second-order valence-corrected chi connectivity index (χ2v) is 3.90. The van der Waals surface area contributed by atoms with Crippen LogP contribution in [0.1, 0.15) is 5.69 Å². The molecule has 0 aromatic carbocycles. The molecule has 0 aliphatic heterocycles. The Bertz CT molecular complexity index is 488. The van der Waals surface area contributed by atoms with Gasteiger partial charge in [-0.3, -0.25) is 9.20 Å². The number of hydrogen-bond acceptors (Lipinski definition) is 5. The summed E-state index contributed by atoms with van der Waals surface area (Å²) in [6.45, 7) is 2.06. The molecular weight excluding hydrogens is 214 g/mol. The number of esters is 1. The lowest BCUT2D eigenvalue weighted by atomic mass is 10.4. The van der Waals surface area contributed by atoms with Crippen LogP contribution < -0.4 is 5.32 Å². The van der Waals surface area contributed by atoms with E-state index in [9.17, 15) is 4.79 Å². The number of fused-ring (bicyclic) bond motifs is 1. The Labute approximate surface area is 90.7 Å². The Morgan fingerprint density at radius 3 is 3.27 bits per heavy atom. The topological polar surface area (TPSA) is 55.6 Å². The molecule has 0 radical (unpaired) electrons. The van der Waals surface area contributed by atoms with Crippen molar-refractivity contribution in [2.45, 2.75) is 6.92 Å². The minimum Gasteiger partial charge on any atom is -0.468 e. The van der Waals surface area contributed by atoms with Crippen LogP contribution in [0.4, 0.5) is 5.82 Å². The zero-order chi connectivity index (χ0) is 10.8. The molecule has 0 amide bonds. The summed E-state index contributed by atoms with van der Waals surface area (Å²) in [6, 6.07) is 0. The molecule has 15 heavy (non-hydrogen) atoms. The number of carbonyl (C=O) groups is 1. The molecule has 0 bridgehead atoms. The summed E-state index contributed by atoms with van der Waals surface area (Å²) < 4.78 is 6.47. The zero-order valence-corrected chi connectivity index (χ0v) is 9.30. The Morgan fingerprint density at radius 1 is 1.73 bits per heavy atom. The molecular formula is C9H11N3O2S. The number of carbonyl (C=O) groups excluding carboxylic acids is 1. The number of anilines is 1. The van der Waals surface area contributed by atoms with Crippen molar-refractivity contribution in [3.8, 4) is 0 Å². The summed E-state index contributed by atoms with van der Waals surface area (Å²) in [4.78, 5) is 16.2. The smallest absolute Gasteiger partial charge is 0.325 e. The molecule has 0 atom stereocenters. The average molecular weight is 225 g/mol. The second kappa shape index (κ2) is 3.90. The Balaban J connectivity index is 2.22. The molecule has 6 heteroatoms. The van der Waals surface area contributed by atoms with Gasteiger partial charge in [0.2, 0.25) is 0 Å². The molecule has 2 aromatic heterocycles. The molecule has 0 aliphatic rings. The maximum atomic E-state index is 11.0. The van der Waals surface area contributed by atoms with Crippen molar-refractivity contribution >= 4 is 28.1 Å². The molecule has 1 N–H and O–H groups in total. The lowest BCUT2D eigenvalue weighted by Crippen LogP contribution is -2.16. The van der Waals surface area contributed by atoms with E-state index in [1.807, 2.05) is 22.9 Å². The molecule has 2 aromatic rings. The number of nitrogens with zero attached hydrogens (tertiary/aromatic N) is 2. The van der Waals surface area contributed by atoms with E-state index in [0.29, 0.717) is 0 Å². The van der Waals surface area contributed by atoms with Crippen molar-refractivity contribution in [2.24, 2.45) is 0 Å². The monoisotopic (exact) mass is 225 g/mol. The normalized spacial score (nSPS) is 10.5. The average Bonchev–Trinajstić information content (AvgIpc) is 2.75. The van der Waals surface area contributed by atoms with Gasteiger partial charge >= 0.3 is 5.97 Å². The lowest BCUT2D eigenvalue weighted by Gasteiger charge is -2.04. The fourth-order valence-electron chi connectivity index (χ4n) is 1.33. The SMILES string of the molecule is COC(=O)CNc1c(C)nc2sccn12. The van der Waals surface area contributed by atoms with Crippen LogP contribution in [-0.2, 0) is 9.53 Å². The highest BCUT2D eigenvalue weighted by Crippen LogP contribution is 2.20. The number of nitrogens with one attached hydrogen (secondary N) is 1. The molecule has 0 unspecified atom stereocenters. The number of thiazole rings is 1. The van der Waals surface area contributed by atoms with Crippen molar-refractivity contribution in [1.29, 1.82) is 0 Å². The molecule has 80 valence electrons. The number of rotatable bonds is 3. The number of aryl methyl sites for hydroxylation is 1. The van der Waals surface area contributed by atoms with Gasteiger partial charge in [-0.2, -0.15) is 0 Å². The van der Waals surface area contributed by atoms with E-state index in [1.165, 1.54) is 7.11 Å². The van der Waals surface area contributed by atoms with E-state index in [-0.39, 0.29) is 12.5 Å². The first-order valence-corrected chi connectivity index (χ1v) is 5.33. The van der Waals surface area contributed by atoms with Gasteiger partial charge in [-0.05, 0) is 6.92 Å². The Kier molecular flexibility index (Phi) is 2.59. The largest absolute Gasteiger partial charge is 0.468 e. The summed E-state index contributed by atoms with van der Waals surface area (Å²) in [5, 5.41) is 4.95. The van der Waals surface area contributed by atoms with Gasteiger partial charge < -0.3 is 10.1 Å². The standard InChI is InChI=1S/C9H11N3O2S/c1-6-8(10-5-7(13)14-2)12-3-4-15-9(12)11-6/h3-4,10H,5H2,1-2H3. The van der Waals surface area contributed by atoms with Crippen molar-refractivity contribution in [3.63, 3.8) is 0 Å². The van der Waals surface area contributed by atoms with Crippen LogP contribution in [0.25, 0.3) is 4.96 Å². The molecule has 5 nitrogen and oxygen atoms in total. The summed E-state index contributed by atoms with van der Waals surface area (Å²) in [5.41, 5.74) is 0.880. The minimum absolute atomic E-state index is 0.154. The van der Waals surface area contributed by atoms with Gasteiger partial charge in [0.15, 0.2) is 4.96 Å². The molecule has 2 heterocycles. The van der Waals surface area contributed by atoms with Gasteiger partial charge in [-0.25, -0.2) is 4.98 Å². The van der Waals surface area contributed by atoms with Gasteiger partial charge in [-0.1, -0.05) is 0 Å².